The van der Waals surface area contributed by atoms with Gasteiger partial charge in [0.25, 0.3) is 5.89 Å². The number of carbonyl (C=O) groups is 2. The summed E-state index contributed by atoms with van der Waals surface area (Å²) in [5, 5.41) is 14.9. The number of aromatic nitrogens is 2. The van der Waals surface area contributed by atoms with Crippen LogP contribution in [0.3, 0.4) is 0 Å². The lowest BCUT2D eigenvalue weighted by atomic mass is 10.1. The van der Waals surface area contributed by atoms with E-state index in [1.165, 1.54) is 12.1 Å². The average Bonchev–Trinajstić information content (AvgIpc) is 3.16. The number of amides is 1. The van der Waals surface area contributed by atoms with E-state index in [9.17, 15) is 9.59 Å². The second-order valence-corrected chi connectivity index (χ2v) is 5.86. The van der Waals surface area contributed by atoms with Crippen LogP contribution < -0.4 is 5.32 Å². The Hall–Kier alpha value is -3.99. The van der Waals surface area contributed by atoms with Crippen molar-refractivity contribution in [2.24, 2.45) is 0 Å². The topological polar surface area (TPSA) is 118 Å². The number of esters is 1. The van der Waals surface area contributed by atoms with Crippen LogP contribution in [0.1, 0.15) is 28.2 Å². The number of hydrogen-bond donors (Lipinski definition) is 1. The highest BCUT2D eigenvalue weighted by molar-refractivity contribution is 5.93. The van der Waals surface area contributed by atoms with E-state index in [4.69, 9.17) is 14.5 Å². The van der Waals surface area contributed by atoms with Crippen molar-refractivity contribution in [3.05, 3.63) is 65.5 Å². The summed E-state index contributed by atoms with van der Waals surface area (Å²) < 4.78 is 10.3. The fourth-order valence-electron chi connectivity index (χ4n) is 2.42. The summed E-state index contributed by atoms with van der Waals surface area (Å²) in [5.74, 6) is -0.363. The Kier molecular flexibility index (Phi) is 5.77. The lowest BCUT2D eigenvalue weighted by Crippen LogP contribution is -2.10. The van der Waals surface area contributed by atoms with E-state index in [1.54, 1.807) is 18.2 Å². The van der Waals surface area contributed by atoms with Crippen LogP contribution in [0.4, 0.5) is 5.69 Å². The van der Waals surface area contributed by atoms with Crippen LogP contribution in [0.25, 0.3) is 11.4 Å². The summed E-state index contributed by atoms with van der Waals surface area (Å²) in [6.45, 7) is 1.79. The predicted octanol–water partition coefficient (Wildman–Crippen LogP) is 3.25. The van der Waals surface area contributed by atoms with Gasteiger partial charge in [0.05, 0.1) is 11.6 Å². The summed E-state index contributed by atoms with van der Waals surface area (Å²) in [5.41, 5.74) is 2.64. The summed E-state index contributed by atoms with van der Waals surface area (Å²) in [6.07, 6.45) is -0.238. The van der Waals surface area contributed by atoms with E-state index in [1.807, 2.05) is 31.2 Å². The van der Waals surface area contributed by atoms with E-state index in [0.29, 0.717) is 17.1 Å². The maximum Gasteiger partial charge on any atom is 0.338 e. The molecule has 0 spiro atoms. The maximum absolute atomic E-state index is 12.1. The third-order valence-corrected chi connectivity index (χ3v) is 3.82. The Morgan fingerprint density at radius 2 is 1.93 bits per heavy atom. The largest absolute Gasteiger partial charge is 0.452 e. The number of hydrogen-bond acceptors (Lipinski definition) is 7. The smallest absolute Gasteiger partial charge is 0.338 e. The number of rotatable bonds is 6. The van der Waals surface area contributed by atoms with Gasteiger partial charge in [-0.3, -0.25) is 4.79 Å². The fraction of sp³-hybridized carbons (Fsp3) is 0.150. The summed E-state index contributed by atoms with van der Waals surface area (Å²) in [4.78, 5) is 27.8. The number of nitrogens with zero attached hydrogens (tertiary/aromatic N) is 3. The first-order valence-electron chi connectivity index (χ1n) is 8.39. The van der Waals surface area contributed by atoms with Crippen LogP contribution in [0, 0.1) is 18.3 Å². The first-order valence-corrected chi connectivity index (χ1v) is 8.39. The molecule has 0 aliphatic heterocycles. The third-order valence-electron chi connectivity index (χ3n) is 3.82. The molecular formula is C20H16N4O4. The zero-order valence-electron chi connectivity index (χ0n) is 15.0. The van der Waals surface area contributed by atoms with Crippen LogP contribution in [0.5, 0.6) is 0 Å². The summed E-state index contributed by atoms with van der Waals surface area (Å²) >= 11 is 0. The number of nitriles is 1. The van der Waals surface area contributed by atoms with E-state index < -0.39 is 11.9 Å². The molecule has 0 bridgehead atoms. The molecule has 1 N–H and O–H groups in total. The second-order valence-electron chi connectivity index (χ2n) is 5.86. The third kappa shape index (κ3) is 4.59. The molecule has 2 aromatic carbocycles. The molecule has 28 heavy (non-hydrogen) atoms. The maximum atomic E-state index is 12.1. The predicted molar refractivity (Wildman–Crippen MR) is 98.9 cm³/mol. The van der Waals surface area contributed by atoms with Crippen molar-refractivity contribution in [1.29, 1.82) is 5.26 Å². The van der Waals surface area contributed by atoms with Crippen LogP contribution in [0.15, 0.2) is 53.1 Å². The Bertz CT molecular complexity index is 1030. The molecule has 3 aromatic rings. The van der Waals surface area contributed by atoms with Crippen LogP contribution >= 0.6 is 0 Å². The molecule has 140 valence electrons. The molecule has 0 unspecified atom stereocenters. The van der Waals surface area contributed by atoms with E-state index >= 15 is 0 Å². The van der Waals surface area contributed by atoms with Gasteiger partial charge in [-0.25, -0.2) is 4.79 Å². The van der Waals surface area contributed by atoms with Gasteiger partial charge in [-0.1, -0.05) is 29.4 Å². The van der Waals surface area contributed by atoms with Crippen molar-refractivity contribution in [2.45, 2.75) is 20.0 Å². The lowest BCUT2D eigenvalue weighted by molar-refractivity contribution is -0.115. The van der Waals surface area contributed by atoms with E-state index in [0.717, 1.165) is 11.1 Å². The van der Waals surface area contributed by atoms with E-state index in [2.05, 4.69) is 15.5 Å². The molecule has 3 rings (SSSR count). The Balaban J connectivity index is 1.58. The fourth-order valence-corrected chi connectivity index (χ4v) is 2.42. The minimum Gasteiger partial charge on any atom is -0.452 e. The second kappa shape index (κ2) is 8.60. The van der Waals surface area contributed by atoms with Crippen molar-refractivity contribution in [2.75, 3.05) is 5.32 Å². The quantitative estimate of drug-likeness (QED) is 0.656. The SMILES string of the molecule is Cc1ccccc1-c1noc(COC(=O)c2ccc(NC(=O)CC#N)cc2)n1. The Morgan fingerprint density at radius 3 is 2.64 bits per heavy atom. The van der Waals surface area contributed by atoms with Crippen LogP contribution in [0.2, 0.25) is 0 Å². The first kappa shape index (κ1) is 18.8. The van der Waals surface area contributed by atoms with Crippen molar-refractivity contribution >= 4 is 17.6 Å². The zero-order valence-corrected chi connectivity index (χ0v) is 15.0. The molecule has 8 nitrogen and oxygen atoms in total. The molecule has 0 radical (unpaired) electrons. The molecule has 1 amide bonds. The molecule has 0 aliphatic carbocycles. The Labute approximate surface area is 160 Å². The van der Waals surface area contributed by atoms with E-state index in [-0.39, 0.29) is 18.9 Å². The minimum atomic E-state index is -0.564. The molecule has 8 heteroatoms. The highest BCUT2D eigenvalue weighted by Gasteiger charge is 2.13. The highest BCUT2D eigenvalue weighted by Crippen LogP contribution is 2.20. The Morgan fingerprint density at radius 1 is 1.18 bits per heavy atom. The molecule has 0 fully saturated rings. The van der Waals surface area contributed by atoms with Gasteiger partial charge >= 0.3 is 5.97 Å². The van der Waals surface area contributed by atoms with Gasteiger partial charge in [0, 0.05) is 11.3 Å². The van der Waals surface area contributed by atoms with Crippen molar-refractivity contribution in [1.82, 2.24) is 10.1 Å². The standard InChI is InChI=1S/C20H16N4O4/c1-13-4-2-3-5-16(13)19-23-18(28-24-19)12-27-20(26)14-6-8-15(9-7-14)22-17(25)10-11-21/h2-9H,10,12H2,1H3,(H,22,25). The number of ether oxygens (including phenoxy) is 1. The highest BCUT2D eigenvalue weighted by atomic mass is 16.6. The normalized spacial score (nSPS) is 10.1. The number of aryl methyl sites for hydroxylation is 1. The zero-order chi connectivity index (χ0) is 19.9. The molecule has 0 saturated heterocycles. The summed E-state index contributed by atoms with van der Waals surface area (Å²) in [7, 11) is 0. The molecule has 0 aliphatic rings. The molecule has 0 saturated carbocycles. The summed E-state index contributed by atoms with van der Waals surface area (Å²) in [6, 6.07) is 15.5. The van der Waals surface area contributed by atoms with Crippen molar-refractivity contribution in [3.63, 3.8) is 0 Å². The number of carbonyl (C=O) groups excluding carboxylic acids is 2. The van der Waals surface area contributed by atoms with Gasteiger partial charge in [-0.05, 0) is 36.8 Å². The minimum absolute atomic E-state index is 0.154. The average molecular weight is 376 g/mol. The van der Waals surface area contributed by atoms with Crippen LogP contribution in [-0.4, -0.2) is 22.0 Å². The van der Waals surface area contributed by atoms with Gasteiger partial charge in [-0.2, -0.15) is 10.2 Å². The van der Waals surface area contributed by atoms with Gasteiger partial charge in [0.2, 0.25) is 11.7 Å². The lowest BCUT2D eigenvalue weighted by Gasteiger charge is -2.05. The van der Waals surface area contributed by atoms with Crippen molar-refractivity contribution < 1.29 is 18.8 Å². The molecule has 0 atom stereocenters. The van der Waals surface area contributed by atoms with Gasteiger partial charge in [0.15, 0.2) is 6.61 Å². The first-order chi connectivity index (χ1) is 13.6. The molecule has 1 aromatic heterocycles. The van der Waals surface area contributed by atoms with Crippen LogP contribution in [-0.2, 0) is 16.1 Å². The van der Waals surface area contributed by atoms with Gasteiger partial charge in [0.1, 0.15) is 6.42 Å². The molecular weight excluding hydrogens is 360 g/mol. The monoisotopic (exact) mass is 376 g/mol. The van der Waals surface area contributed by atoms with Crippen molar-refractivity contribution in [3.8, 4) is 17.5 Å². The van der Waals surface area contributed by atoms with Gasteiger partial charge in [-0.15, -0.1) is 0 Å². The van der Waals surface area contributed by atoms with Gasteiger partial charge < -0.3 is 14.6 Å². The number of anilines is 1. The number of benzene rings is 2. The number of nitrogens with one attached hydrogen (secondary N) is 1. The molecule has 1 heterocycles.